The largest absolute Gasteiger partial charge is 0.326 e. The van der Waals surface area contributed by atoms with Crippen molar-refractivity contribution in [1.82, 2.24) is 0 Å². The predicted octanol–water partition coefficient (Wildman–Crippen LogP) is 3.54. The number of benzene rings is 2. The zero-order valence-electron chi connectivity index (χ0n) is 11.8. The Bertz CT molecular complexity index is 627. The normalized spacial score (nSPS) is 9.10. The van der Waals surface area contributed by atoms with Crippen LogP contribution in [0, 0.1) is 11.3 Å². The van der Waals surface area contributed by atoms with E-state index in [9.17, 15) is 4.79 Å². The molecular weight excluding hydrogens is 248 g/mol. The third-order valence-electron chi connectivity index (χ3n) is 2.83. The quantitative estimate of drug-likeness (QED) is 0.864. The standard InChI is InChI=1S/C15H15NO.C2H3N/c1-11(17)13-7-4-5-9-15(13)14-8-3-2-6-12(14)10-16;1-2-3/h2-9H,10,16H2,1H3;1H3. The van der Waals surface area contributed by atoms with E-state index in [-0.39, 0.29) is 5.78 Å². The molecule has 0 aliphatic heterocycles. The van der Waals surface area contributed by atoms with Crippen LogP contribution in [0.2, 0.25) is 0 Å². The van der Waals surface area contributed by atoms with Crippen molar-refractivity contribution >= 4 is 5.78 Å². The van der Waals surface area contributed by atoms with Gasteiger partial charge < -0.3 is 5.73 Å². The molecule has 0 aliphatic carbocycles. The smallest absolute Gasteiger partial charge is 0.160 e. The molecule has 0 spiro atoms. The van der Waals surface area contributed by atoms with Crippen LogP contribution >= 0.6 is 0 Å². The fraction of sp³-hybridized carbons (Fsp3) is 0.176. The monoisotopic (exact) mass is 266 g/mol. The molecule has 0 amide bonds. The van der Waals surface area contributed by atoms with Crippen LogP contribution in [0.15, 0.2) is 48.5 Å². The molecule has 102 valence electrons. The first kappa shape index (κ1) is 15.6. The average Bonchev–Trinajstić information content (AvgIpc) is 2.48. The highest BCUT2D eigenvalue weighted by molar-refractivity contribution is 6.01. The second-order valence-corrected chi connectivity index (χ2v) is 4.19. The Kier molecular flexibility index (Phi) is 6.15. The summed E-state index contributed by atoms with van der Waals surface area (Å²) in [4.78, 5) is 11.6. The van der Waals surface area contributed by atoms with Gasteiger partial charge in [-0.1, -0.05) is 48.5 Å². The number of nitriles is 1. The maximum Gasteiger partial charge on any atom is 0.160 e. The molecule has 0 saturated carbocycles. The third-order valence-corrected chi connectivity index (χ3v) is 2.83. The molecule has 0 atom stereocenters. The van der Waals surface area contributed by atoms with E-state index in [4.69, 9.17) is 11.0 Å². The lowest BCUT2D eigenvalue weighted by atomic mass is 9.94. The minimum absolute atomic E-state index is 0.0763. The number of nitrogens with two attached hydrogens (primary N) is 1. The lowest BCUT2D eigenvalue weighted by Crippen LogP contribution is -2.01. The Hall–Kier alpha value is -2.44. The van der Waals surface area contributed by atoms with Crippen molar-refractivity contribution in [2.75, 3.05) is 0 Å². The molecule has 0 aromatic heterocycles. The average molecular weight is 266 g/mol. The van der Waals surface area contributed by atoms with E-state index in [0.717, 1.165) is 22.3 Å². The van der Waals surface area contributed by atoms with Gasteiger partial charge in [0.15, 0.2) is 5.78 Å². The van der Waals surface area contributed by atoms with Crippen LogP contribution in [0.1, 0.15) is 29.8 Å². The maximum absolute atomic E-state index is 11.6. The Labute approximate surface area is 119 Å². The number of rotatable bonds is 3. The molecule has 3 nitrogen and oxygen atoms in total. The lowest BCUT2D eigenvalue weighted by Gasteiger charge is -2.11. The first-order chi connectivity index (χ1) is 9.65. The summed E-state index contributed by atoms with van der Waals surface area (Å²) in [5.41, 5.74) is 9.53. The van der Waals surface area contributed by atoms with Crippen LogP contribution in [0.3, 0.4) is 0 Å². The van der Waals surface area contributed by atoms with E-state index in [1.54, 1.807) is 13.0 Å². The first-order valence-corrected chi connectivity index (χ1v) is 6.34. The molecule has 2 aromatic rings. The molecule has 2 N–H and O–H groups in total. The molecule has 2 aromatic carbocycles. The van der Waals surface area contributed by atoms with Crippen LogP contribution in [0.25, 0.3) is 11.1 Å². The van der Waals surface area contributed by atoms with Crippen molar-refractivity contribution in [3.63, 3.8) is 0 Å². The summed E-state index contributed by atoms with van der Waals surface area (Å²) in [5.74, 6) is 0.0763. The van der Waals surface area contributed by atoms with Gasteiger partial charge in [0.2, 0.25) is 0 Å². The molecule has 2 rings (SSSR count). The summed E-state index contributed by atoms with van der Waals surface area (Å²) in [5, 5.41) is 7.32. The van der Waals surface area contributed by atoms with Crippen LogP contribution in [-0.2, 0) is 6.54 Å². The van der Waals surface area contributed by atoms with Gasteiger partial charge in [-0.25, -0.2) is 0 Å². The molecule has 20 heavy (non-hydrogen) atoms. The van der Waals surface area contributed by atoms with E-state index in [1.807, 2.05) is 48.5 Å². The van der Waals surface area contributed by atoms with E-state index in [0.29, 0.717) is 6.54 Å². The van der Waals surface area contributed by atoms with Gasteiger partial charge in [0.1, 0.15) is 0 Å². The van der Waals surface area contributed by atoms with Crippen molar-refractivity contribution in [3.8, 4) is 17.2 Å². The van der Waals surface area contributed by atoms with Gasteiger partial charge in [0, 0.05) is 19.0 Å². The highest BCUT2D eigenvalue weighted by Crippen LogP contribution is 2.27. The molecule has 0 bridgehead atoms. The second kappa shape index (κ2) is 7.88. The summed E-state index contributed by atoms with van der Waals surface area (Å²) < 4.78 is 0. The summed E-state index contributed by atoms with van der Waals surface area (Å²) in [6, 6.07) is 17.3. The number of hydrogen-bond acceptors (Lipinski definition) is 3. The van der Waals surface area contributed by atoms with Gasteiger partial charge in [-0.2, -0.15) is 5.26 Å². The Balaban J connectivity index is 0.000000612. The highest BCUT2D eigenvalue weighted by atomic mass is 16.1. The minimum atomic E-state index is 0.0763. The van der Waals surface area contributed by atoms with Gasteiger partial charge in [-0.05, 0) is 23.6 Å². The summed E-state index contributed by atoms with van der Waals surface area (Å²) in [6.45, 7) is 3.49. The van der Waals surface area contributed by atoms with Crippen LogP contribution in [-0.4, -0.2) is 5.78 Å². The van der Waals surface area contributed by atoms with Crippen LogP contribution in [0.5, 0.6) is 0 Å². The molecule has 0 heterocycles. The van der Waals surface area contributed by atoms with E-state index in [1.165, 1.54) is 6.92 Å². The summed E-state index contributed by atoms with van der Waals surface area (Å²) in [7, 11) is 0. The first-order valence-electron chi connectivity index (χ1n) is 6.34. The van der Waals surface area contributed by atoms with Gasteiger partial charge in [0.05, 0.1) is 6.07 Å². The predicted molar refractivity (Wildman–Crippen MR) is 81.1 cm³/mol. The maximum atomic E-state index is 11.6. The molecule has 0 aliphatic rings. The molecule has 0 saturated heterocycles. The van der Waals surface area contributed by atoms with Crippen LogP contribution in [0.4, 0.5) is 0 Å². The summed E-state index contributed by atoms with van der Waals surface area (Å²) >= 11 is 0. The topological polar surface area (TPSA) is 66.9 Å². The zero-order valence-corrected chi connectivity index (χ0v) is 11.8. The van der Waals surface area contributed by atoms with E-state index in [2.05, 4.69) is 0 Å². The minimum Gasteiger partial charge on any atom is -0.326 e. The number of hydrogen-bond donors (Lipinski definition) is 1. The number of nitrogens with zero attached hydrogens (tertiary/aromatic N) is 1. The van der Waals surface area contributed by atoms with Crippen molar-refractivity contribution in [2.24, 2.45) is 5.73 Å². The highest BCUT2D eigenvalue weighted by Gasteiger charge is 2.10. The van der Waals surface area contributed by atoms with Crippen molar-refractivity contribution in [1.29, 1.82) is 5.26 Å². The Morgan fingerprint density at radius 1 is 1.10 bits per heavy atom. The van der Waals surface area contributed by atoms with Gasteiger partial charge in [-0.15, -0.1) is 0 Å². The molecule has 0 unspecified atom stereocenters. The van der Waals surface area contributed by atoms with Gasteiger partial charge in [-0.3, -0.25) is 4.79 Å². The van der Waals surface area contributed by atoms with Crippen LogP contribution < -0.4 is 5.73 Å². The van der Waals surface area contributed by atoms with Gasteiger partial charge >= 0.3 is 0 Å². The van der Waals surface area contributed by atoms with Gasteiger partial charge in [0.25, 0.3) is 0 Å². The summed E-state index contributed by atoms with van der Waals surface area (Å²) in [6.07, 6.45) is 0. The van der Waals surface area contributed by atoms with Crippen molar-refractivity contribution < 1.29 is 4.79 Å². The van der Waals surface area contributed by atoms with Crippen molar-refractivity contribution in [3.05, 3.63) is 59.7 Å². The number of carbonyl (C=O) groups is 1. The fourth-order valence-corrected chi connectivity index (χ4v) is 1.99. The molecular formula is C17H18N2O. The third kappa shape index (κ3) is 3.78. The van der Waals surface area contributed by atoms with E-state index < -0.39 is 0 Å². The number of ketones is 1. The lowest BCUT2D eigenvalue weighted by molar-refractivity contribution is 0.101. The van der Waals surface area contributed by atoms with Crippen molar-refractivity contribution in [2.45, 2.75) is 20.4 Å². The molecule has 0 radical (unpaired) electrons. The second-order valence-electron chi connectivity index (χ2n) is 4.19. The fourth-order valence-electron chi connectivity index (χ4n) is 1.99. The SMILES string of the molecule is CC#N.CC(=O)c1ccccc1-c1ccccc1CN. The number of Topliss-reactive ketones (excluding diaryl/α,β-unsaturated/α-hetero) is 1. The molecule has 0 fully saturated rings. The van der Waals surface area contributed by atoms with E-state index >= 15 is 0 Å². The Morgan fingerprint density at radius 3 is 2.15 bits per heavy atom. The zero-order chi connectivity index (χ0) is 15.0. The number of carbonyl (C=O) groups excluding carboxylic acids is 1. The molecule has 3 heteroatoms. The Morgan fingerprint density at radius 2 is 1.60 bits per heavy atom.